The molecule has 29 heavy (non-hydrogen) atoms. The van der Waals surface area contributed by atoms with Gasteiger partial charge in [0, 0.05) is 1.37 Å². The van der Waals surface area contributed by atoms with Crippen molar-refractivity contribution in [2.24, 2.45) is 23.2 Å². The van der Waals surface area contributed by atoms with Gasteiger partial charge in [-0.2, -0.15) is 0 Å². The lowest BCUT2D eigenvalue weighted by atomic mass is 9.60. The zero-order valence-corrected chi connectivity index (χ0v) is 19.1. The van der Waals surface area contributed by atoms with E-state index in [0.717, 1.165) is 36.3 Å². The molecule has 0 aromatic rings. The molecule has 0 bridgehead atoms. The van der Waals surface area contributed by atoms with Crippen molar-refractivity contribution in [2.75, 3.05) is 0 Å². The first-order valence-electron chi connectivity index (χ1n) is 13.2. The fraction of sp³-hybridized carbons (Fsp3) is 0.778. The normalized spacial score (nSPS) is 43.7. The van der Waals surface area contributed by atoms with Gasteiger partial charge in [0.2, 0.25) is 1.43 Å². The number of hydrogen-bond donors (Lipinski definition) is 2. The summed E-state index contributed by atoms with van der Waals surface area (Å²) in [5.74, 6) is 2.02. The third-order valence-corrected chi connectivity index (χ3v) is 8.07. The first kappa shape index (κ1) is 18.9. The second-order valence-corrected chi connectivity index (χ2v) is 10.9. The molecule has 0 aliphatic heterocycles. The van der Waals surface area contributed by atoms with Crippen LogP contribution in [0.5, 0.6) is 0 Å². The van der Waals surface area contributed by atoms with Crippen molar-refractivity contribution in [1.82, 2.24) is 0 Å². The fourth-order valence-electron chi connectivity index (χ4n) is 6.41. The maximum atomic E-state index is 10.1. The van der Waals surface area contributed by atoms with Crippen LogP contribution in [0.1, 0.15) is 101 Å². The highest BCUT2D eigenvalue weighted by Crippen LogP contribution is 2.60. The Hall–Kier alpha value is -0.860. The summed E-state index contributed by atoms with van der Waals surface area (Å²) in [5.41, 5.74) is 3.17. The van der Waals surface area contributed by atoms with Crippen LogP contribution in [0.2, 0.25) is 0 Å². The van der Waals surface area contributed by atoms with Gasteiger partial charge in [-0.15, -0.1) is 0 Å². The molecule has 0 heterocycles. The smallest absolute Gasteiger partial charge is 0.210 e. The predicted molar refractivity (Wildman–Crippen MR) is 123 cm³/mol. The summed E-state index contributed by atoms with van der Waals surface area (Å²) in [6.45, 7) is 12.9. The monoisotopic (exact) mass is 403 g/mol. The molecule has 6 atom stereocenters. The number of allylic oxidation sites excluding steroid dienone is 4. The minimum Gasteiger partial charge on any atom is -0.393 e. The maximum Gasteiger partial charge on any atom is 0.210 e. The zero-order valence-electron chi connectivity index (χ0n) is 22.1. The number of rotatable bonds is 7. The molecule has 164 valence electrons. The maximum absolute atomic E-state index is 10.1. The van der Waals surface area contributed by atoms with Gasteiger partial charge in [-0.05, 0) is 100 Å². The van der Waals surface area contributed by atoms with Gasteiger partial charge >= 0.3 is 0 Å². The molecule has 0 spiro atoms. The van der Waals surface area contributed by atoms with Crippen molar-refractivity contribution >= 4 is 0 Å². The van der Waals surface area contributed by atoms with Gasteiger partial charge in [0.15, 0.2) is 0 Å². The van der Waals surface area contributed by atoms with E-state index in [-0.39, 0.29) is 6.42 Å². The third kappa shape index (κ3) is 5.44. The molecule has 3 aliphatic carbocycles. The van der Waals surface area contributed by atoms with E-state index in [1.807, 2.05) is 13.8 Å². The molecule has 0 aromatic carbocycles. The van der Waals surface area contributed by atoms with Gasteiger partial charge < -0.3 is 10.2 Å². The van der Waals surface area contributed by atoms with Crippen molar-refractivity contribution < 1.29 is 13.0 Å². The Kier molecular flexibility index (Phi) is 5.92. The average Bonchev–Trinajstić information content (AvgIpc) is 3.06. The molecule has 3 saturated carbocycles. The first-order chi connectivity index (χ1) is 14.9. The standard InChI is InChI=1S/C27H44O2/c1-19-10-13-23(28)18-22(19)12-11-21-9-7-17-27(5)24(14-15-25(21)27)20(2)8-6-16-26(3,4)29/h11-12,20,23-25,28-29H,1,6-10,13-18H2,2-5H3/b21-11?,22-12-/t20-,23+,24-,25?,27-/m1/s1/i13D,23D,28D/t13?,20-,23+,24-,25?,27-. The molecular weight excluding hydrogens is 356 g/mol. The van der Waals surface area contributed by atoms with Crippen molar-refractivity contribution in [1.29, 1.82) is 1.43 Å². The fourth-order valence-corrected chi connectivity index (χ4v) is 6.41. The molecule has 3 aliphatic rings. The van der Waals surface area contributed by atoms with Crippen molar-refractivity contribution in [2.45, 2.75) is 110 Å². The van der Waals surface area contributed by atoms with Crippen molar-refractivity contribution in [3.05, 3.63) is 35.5 Å². The summed E-state index contributed by atoms with van der Waals surface area (Å²) in [6, 6.07) is 0. The highest BCUT2D eigenvalue weighted by atomic mass is 16.3. The van der Waals surface area contributed by atoms with Crippen LogP contribution in [0.4, 0.5) is 0 Å². The van der Waals surface area contributed by atoms with Crippen LogP contribution < -0.4 is 0 Å². The molecule has 2 nitrogen and oxygen atoms in total. The summed E-state index contributed by atoms with van der Waals surface area (Å²) >= 11 is 0. The second kappa shape index (κ2) is 9.10. The van der Waals surface area contributed by atoms with Crippen LogP contribution in [-0.4, -0.2) is 23.3 Å². The van der Waals surface area contributed by atoms with E-state index in [9.17, 15) is 5.11 Å². The first-order valence-corrected chi connectivity index (χ1v) is 11.8. The van der Waals surface area contributed by atoms with Gasteiger partial charge in [-0.25, -0.2) is 0 Å². The molecule has 0 radical (unpaired) electrons. The summed E-state index contributed by atoms with van der Waals surface area (Å²) in [6.07, 6.45) is 12.1. The van der Waals surface area contributed by atoms with E-state index in [4.69, 9.17) is 4.17 Å². The molecule has 0 amide bonds. The van der Waals surface area contributed by atoms with Gasteiger partial charge in [0.1, 0.15) is 0 Å². The second-order valence-electron chi connectivity index (χ2n) is 10.9. The number of fused-ring (bicyclic) bond motifs is 1. The quantitative estimate of drug-likeness (QED) is 0.494. The summed E-state index contributed by atoms with van der Waals surface area (Å²) in [5, 5.41) is 14.7. The Bertz CT molecular complexity index is 752. The molecule has 2 heteroatoms. The van der Waals surface area contributed by atoms with Crippen LogP contribution in [-0.2, 0) is 0 Å². The Morgan fingerprint density at radius 3 is 2.90 bits per heavy atom. The highest BCUT2D eigenvalue weighted by molar-refractivity contribution is 5.36. The number of hydrogen-bond acceptors (Lipinski definition) is 2. The molecule has 3 fully saturated rings. The van der Waals surface area contributed by atoms with E-state index in [1.165, 1.54) is 37.7 Å². The van der Waals surface area contributed by atoms with E-state index in [1.54, 1.807) is 0 Å². The molecule has 3 rings (SSSR count). The lowest BCUT2D eigenvalue weighted by Gasteiger charge is -2.44. The van der Waals surface area contributed by atoms with Crippen LogP contribution in [0.3, 0.4) is 0 Å². The lowest BCUT2D eigenvalue weighted by Crippen LogP contribution is -2.36. The van der Waals surface area contributed by atoms with Crippen LogP contribution >= 0.6 is 0 Å². The van der Waals surface area contributed by atoms with Crippen LogP contribution in [0, 0.1) is 23.2 Å². The summed E-state index contributed by atoms with van der Waals surface area (Å²) in [7, 11) is 0. The van der Waals surface area contributed by atoms with Crippen molar-refractivity contribution in [3.8, 4) is 0 Å². The van der Waals surface area contributed by atoms with E-state index >= 15 is 0 Å². The predicted octanol–water partition coefficient (Wildman–Crippen LogP) is 6.73. The summed E-state index contributed by atoms with van der Waals surface area (Å²) in [4.78, 5) is 0. The van der Waals surface area contributed by atoms with E-state index < -0.39 is 18.1 Å². The van der Waals surface area contributed by atoms with Crippen LogP contribution in [0.15, 0.2) is 35.5 Å². The minimum atomic E-state index is -1.50. The Balaban J connectivity index is 1.72. The molecule has 0 aromatic heterocycles. The third-order valence-electron chi connectivity index (χ3n) is 8.07. The number of aliphatic hydroxyl groups is 2. The Labute approximate surface area is 183 Å². The van der Waals surface area contributed by atoms with E-state index in [0.29, 0.717) is 23.7 Å². The molecule has 2 N–H and O–H groups in total. The van der Waals surface area contributed by atoms with Crippen LogP contribution in [0.25, 0.3) is 0 Å². The topological polar surface area (TPSA) is 40.5 Å². The van der Waals surface area contributed by atoms with Crippen molar-refractivity contribution in [3.63, 3.8) is 0 Å². The SMILES string of the molecule is [2H]O[C@]1([2H])C/C(=C/C=C2CCC[C@@]3(C)C2CC[C@@H]3[C@H](C)CCCC(C)(C)O)C(=C)CC1[2H]. The molecular formula is C27H44O2. The Morgan fingerprint density at radius 2 is 2.17 bits per heavy atom. The van der Waals surface area contributed by atoms with Gasteiger partial charge in [-0.3, -0.25) is 0 Å². The lowest BCUT2D eigenvalue weighted by molar-refractivity contribution is 0.0596. The van der Waals surface area contributed by atoms with E-state index in [2.05, 4.69) is 37.7 Å². The summed E-state index contributed by atoms with van der Waals surface area (Å²) < 4.78 is 23.7. The minimum absolute atomic E-state index is 0.260. The zero-order chi connectivity index (χ0) is 23.7. The Morgan fingerprint density at radius 1 is 1.38 bits per heavy atom. The van der Waals surface area contributed by atoms with Gasteiger partial charge in [-0.1, -0.05) is 56.6 Å². The van der Waals surface area contributed by atoms with Gasteiger partial charge in [0.25, 0.3) is 0 Å². The largest absolute Gasteiger partial charge is 0.393 e. The average molecular weight is 404 g/mol. The molecule has 2 unspecified atom stereocenters. The molecule has 0 saturated heterocycles. The highest BCUT2D eigenvalue weighted by Gasteiger charge is 2.50. The van der Waals surface area contributed by atoms with Gasteiger partial charge in [0.05, 0.1) is 13.1 Å².